The molecule has 6 nitrogen and oxygen atoms in total. The van der Waals surface area contributed by atoms with Gasteiger partial charge in [0, 0.05) is 17.1 Å². The zero-order chi connectivity index (χ0) is 16.0. The molecule has 0 saturated heterocycles. The maximum Gasteiger partial charge on any atom is 0.338 e. The van der Waals surface area contributed by atoms with Crippen molar-refractivity contribution in [2.75, 3.05) is 0 Å². The molecule has 0 aliphatic carbocycles. The van der Waals surface area contributed by atoms with Crippen molar-refractivity contribution in [3.05, 3.63) is 57.5 Å². The number of benzene rings is 1. The van der Waals surface area contributed by atoms with Crippen molar-refractivity contribution >= 4 is 16.7 Å². The summed E-state index contributed by atoms with van der Waals surface area (Å²) in [7, 11) is 0. The van der Waals surface area contributed by atoms with Crippen LogP contribution in [0, 0.1) is 19.7 Å². The molecule has 0 aliphatic rings. The van der Waals surface area contributed by atoms with E-state index in [4.69, 9.17) is 4.52 Å². The molecule has 3 aromatic rings. The lowest BCUT2D eigenvalue weighted by Gasteiger charge is -2.13. The number of hydrogen-bond acceptors (Lipinski definition) is 4. The van der Waals surface area contributed by atoms with Crippen molar-refractivity contribution in [2.45, 2.75) is 13.8 Å². The summed E-state index contributed by atoms with van der Waals surface area (Å²) in [6, 6.07) is 5.37. The molecule has 3 rings (SSSR count). The first-order valence-corrected chi connectivity index (χ1v) is 6.42. The van der Waals surface area contributed by atoms with E-state index < -0.39 is 17.3 Å². The highest BCUT2D eigenvalue weighted by molar-refractivity contribution is 6.04. The summed E-state index contributed by atoms with van der Waals surface area (Å²) in [5.41, 5.74) is -0.664. The number of hydrogen-bond donors (Lipinski definition) is 1. The van der Waals surface area contributed by atoms with E-state index >= 15 is 0 Å². The van der Waals surface area contributed by atoms with Crippen LogP contribution in [-0.4, -0.2) is 20.8 Å². The van der Waals surface area contributed by atoms with Crippen molar-refractivity contribution in [1.82, 2.24) is 9.72 Å². The Morgan fingerprint density at radius 2 is 2.09 bits per heavy atom. The Balaban J connectivity index is 2.56. The average Bonchev–Trinajstić information content (AvgIpc) is 2.84. The molecular formula is C15H11FN2O4. The number of aryl methyl sites for hydroxylation is 1. The Kier molecular flexibility index (Phi) is 3.05. The quantitative estimate of drug-likeness (QED) is 0.785. The Morgan fingerprint density at radius 1 is 1.36 bits per heavy atom. The molecule has 0 spiro atoms. The molecule has 1 aromatic carbocycles. The first-order chi connectivity index (χ1) is 10.4. The van der Waals surface area contributed by atoms with Crippen molar-refractivity contribution in [2.24, 2.45) is 0 Å². The van der Waals surface area contributed by atoms with Gasteiger partial charge in [-0.25, -0.2) is 9.18 Å². The van der Waals surface area contributed by atoms with Gasteiger partial charge in [0.25, 0.3) is 5.56 Å². The minimum Gasteiger partial charge on any atom is -0.478 e. The summed E-state index contributed by atoms with van der Waals surface area (Å²) in [5, 5.41) is 12.9. The Bertz CT molecular complexity index is 972. The number of carbonyl (C=O) groups is 1. The van der Waals surface area contributed by atoms with Crippen molar-refractivity contribution in [1.29, 1.82) is 0 Å². The molecule has 0 fully saturated rings. The molecule has 1 N–H and O–H groups in total. The summed E-state index contributed by atoms with van der Waals surface area (Å²) in [5.74, 6) is -1.46. The lowest BCUT2D eigenvalue weighted by molar-refractivity contribution is 0.0697. The van der Waals surface area contributed by atoms with Crippen LogP contribution in [0.3, 0.4) is 0 Å². The minimum absolute atomic E-state index is 0.0615. The van der Waals surface area contributed by atoms with Crippen molar-refractivity contribution in [3.63, 3.8) is 0 Å². The van der Waals surface area contributed by atoms with Crippen LogP contribution in [0.5, 0.6) is 0 Å². The fourth-order valence-electron chi connectivity index (χ4n) is 2.53. The predicted octanol–water partition coefficient (Wildman–Crippen LogP) is 2.43. The third-order valence-corrected chi connectivity index (χ3v) is 3.46. The molecule has 0 saturated carbocycles. The maximum absolute atomic E-state index is 14.1. The molecule has 22 heavy (non-hydrogen) atoms. The third-order valence-electron chi connectivity index (χ3n) is 3.46. The van der Waals surface area contributed by atoms with Crippen molar-refractivity contribution in [3.8, 4) is 5.82 Å². The highest BCUT2D eigenvalue weighted by Gasteiger charge is 2.22. The monoisotopic (exact) mass is 302 g/mol. The van der Waals surface area contributed by atoms with Gasteiger partial charge in [-0.15, -0.1) is 0 Å². The van der Waals surface area contributed by atoms with Gasteiger partial charge >= 0.3 is 5.97 Å². The van der Waals surface area contributed by atoms with E-state index in [9.17, 15) is 19.1 Å². The number of aromatic carboxylic acids is 1. The van der Waals surface area contributed by atoms with E-state index in [1.165, 1.54) is 25.1 Å². The summed E-state index contributed by atoms with van der Waals surface area (Å²) in [6.45, 7) is 3.11. The minimum atomic E-state index is -1.25. The highest BCUT2D eigenvalue weighted by Crippen LogP contribution is 2.23. The van der Waals surface area contributed by atoms with Crippen LogP contribution < -0.4 is 5.56 Å². The van der Waals surface area contributed by atoms with Gasteiger partial charge in [-0.3, -0.25) is 9.36 Å². The van der Waals surface area contributed by atoms with Crippen LogP contribution in [0.25, 0.3) is 16.6 Å². The molecule has 0 bridgehead atoms. The van der Waals surface area contributed by atoms with Gasteiger partial charge in [-0.05, 0) is 19.9 Å². The largest absolute Gasteiger partial charge is 0.478 e. The number of carboxylic acid groups (broad SMARTS) is 1. The number of rotatable bonds is 2. The SMILES string of the molecule is Cc1cc(-n2c(C)c(C(=O)O)c3cccc(F)c3c2=O)no1. The predicted molar refractivity (Wildman–Crippen MR) is 76.0 cm³/mol. The second-order valence-corrected chi connectivity index (χ2v) is 4.86. The van der Waals surface area contributed by atoms with E-state index in [0.29, 0.717) is 5.76 Å². The molecule has 112 valence electrons. The summed E-state index contributed by atoms with van der Waals surface area (Å²) in [6.07, 6.45) is 0. The van der Waals surface area contributed by atoms with Crippen LogP contribution in [0.15, 0.2) is 33.6 Å². The van der Waals surface area contributed by atoms with E-state index in [2.05, 4.69) is 5.16 Å². The van der Waals surface area contributed by atoms with E-state index in [0.717, 1.165) is 10.6 Å². The second-order valence-electron chi connectivity index (χ2n) is 4.86. The van der Waals surface area contributed by atoms with E-state index in [1.54, 1.807) is 6.92 Å². The number of nitrogens with zero attached hydrogens (tertiary/aromatic N) is 2. The number of carboxylic acids is 1. The summed E-state index contributed by atoms with van der Waals surface area (Å²) < 4.78 is 20.0. The first kappa shape index (κ1) is 14.0. The number of fused-ring (bicyclic) bond motifs is 1. The van der Waals surface area contributed by atoms with Crippen molar-refractivity contribution < 1.29 is 18.8 Å². The van der Waals surface area contributed by atoms with Gasteiger partial charge in [0.2, 0.25) is 0 Å². The Hall–Kier alpha value is -2.96. The summed E-state index contributed by atoms with van der Waals surface area (Å²) >= 11 is 0. The molecule has 0 aliphatic heterocycles. The topological polar surface area (TPSA) is 85.3 Å². The number of pyridine rings is 1. The van der Waals surface area contributed by atoms with Gasteiger partial charge in [0.05, 0.1) is 10.9 Å². The molecule has 0 unspecified atom stereocenters. The first-order valence-electron chi connectivity index (χ1n) is 6.42. The smallest absolute Gasteiger partial charge is 0.338 e. The average molecular weight is 302 g/mol. The molecule has 2 heterocycles. The normalized spacial score (nSPS) is 11.0. The van der Waals surface area contributed by atoms with Gasteiger partial charge in [-0.2, -0.15) is 0 Å². The molecule has 0 atom stereocenters. The van der Waals surface area contributed by atoms with Gasteiger partial charge < -0.3 is 9.63 Å². The highest BCUT2D eigenvalue weighted by atomic mass is 19.1. The zero-order valence-electron chi connectivity index (χ0n) is 11.8. The van der Waals surface area contributed by atoms with Crippen LogP contribution in [0.4, 0.5) is 4.39 Å². The van der Waals surface area contributed by atoms with Crippen LogP contribution >= 0.6 is 0 Å². The van der Waals surface area contributed by atoms with Gasteiger partial charge in [0.1, 0.15) is 11.6 Å². The third kappa shape index (κ3) is 1.90. The molecule has 2 aromatic heterocycles. The van der Waals surface area contributed by atoms with Gasteiger partial charge in [0.15, 0.2) is 5.82 Å². The van der Waals surface area contributed by atoms with Crippen LogP contribution in [0.1, 0.15) is 21.8 Å². The lowest BCUT2D eigenvalue weighted by atomic mass is 10.0. The number of halogens is 1. The second kappa shape index (κ2) is 4.80. The summed E-state index contributed by atoms with van der Waals surface area (Å²) in [4.78, 5) is 24.2. The fourth-order valence-corrected chi connectivity index (χ4v) is 2.53. The molecule has 0 radical (unpaired) electrons. The lowest BCUT2D eigenvalue weighted by Crippen LogP contribution is -2.25. The fraction of sp³-hybridized carbons (Fsp3) is 0.133. The van der Waals surface area contributed by atoms with Crippen LogP contribution in [-0.2, 0) is 0 Å². The van der Waals surface area contributed by atoms with Crippen LogP contribution in [0.2, 0.25) is 0 Å². The van der Waals surface area contributed by atoms with E-state index in [-0.39, 0.29) is 27.8 Å². The number of aromatic nitrogens is 2. The molecular weight excluding hydrogens is 291 g/mol. The Morgan fingerprint density at radius 3 is 2.68 bits per heavy atom. The zero-order valence-corrected chi connectivity index (χ0v) is 11.8. The Labute approximate surface area is 123 Å². The molecule has 0 amide bonds. The van der Waals surface area contributed by atoms with Gasteiger partial charge in [-0.1, -0.05) is 17.3 Å². The molecule has 7 heteroatoms. The van der Waals surface area contributed by atoms with E-state index in [1.807, 2.05) is 0 Å². The maximum atomic E-state index is 14.1. The standard InChI is InChI=1S/C15H11FN2O4/c1-7-6-11(17-22-7)18-8(2)12(15(20)21)9-4-3-5-10(16)13(9)14(18)19/h3-6H,1-2H3,(H,20,21).